The maximum atomic E-state index is 13.3. The van der Waals surface area contributed by atoms with E-state index in [2.05, 4.69) is 28.9 Å². The van der Waals surface area contributed by atoms with E-state index < -0.39 is 0 Å². The molecule has 28 heavy (non-hydrogen) atoms. The SMILES string of the molecule is COCCCN(CC1CCCN2CCCCC12)C(=O)c1cc(CC(C)C)[nH]n1. The fraction of sp³-hybridized carbons (Fsp3) is 0.818. The van der Waals surface area contributed by atoms with Crippen molar-refractivity contribution in [2.75, 3.05) is 39.9 Å². The molecular formula is C22H38N4O2. The van der Waals surface area contributed by atoms with Crippen molar-refractivity contribution in [2.24, 2.45) is 11.8 Å². The van der Waals surface area contributed by atoms with Crippen LogP contribution >= 0.6 is 0 Å². The Labute approximate surface area is 170 Å². The Kier molecular flexibility index (Phi) is 7.91. The van der Waals surface area contributed by atoms with Crippen molar-refractivity contribution in [1.29, 1.82) is 0 Å². The van der Waals surface area contributed by atoms with Crippen LogP contribution in [0, 0.1) is 11.8 Å². The summed E-state index contributed by atoms with van der Waals surface area (Å²) >= 11 is 0. The van der Waals surface area contributed by atoms with Gasteiger partial charge < -0.3 is 14.5 Å². The smallest absolute Gasteiger partial charge is 0.274 e. The first kappa shape index (κ1) is 21.3. The highest BCUT2D eigenvalue weighted by Gasteiger charge is 2.35. The first-order chi connectivity index (χ1) is 13.6. The van der Waals surface area contributed by atoms with Crippen LogP contribution in [0.5, 0.6) is 0 Å². The van der Waals surface area contributed by atoms with Gasteiger partial charge in [0.2, 0.25) is 0 Å². The predicted molar refractivity (Wildman–Crippen MR) is 111 cm³/mol. The highest BCUT2D eigenvalue weighted by molar-refractivity contribution is 5.92. The summed E-state index contributed by atoms with van der Waals surface area (Å²) in [6.07, 6.45) is 8.21. The van der Waals surface area contributed by atoms with Gasteiger partial charge in [0.15, 0.2) is 0 Å². The summed E-state index contributed by atoms with van der Waals surface area (Å²) < 4.78 is 5.23. The quantitative estimate of drug-likeness (QED) is 0.657. The molecule has 158 valence electrons. The number of methoxy groups -OCH3 is 1. The molecule has 0 radical (unpaired) electrons. The molecule has 0 bridgehead atoms. The van der Waals surface area contributed by atoms with Crippen molar-refractivity contribution < 1.29 is 9.53 Å². The molecule has 0 spiro atoms. The van der Waals surface area contributed by atoms with Crippen LogP contribution < -0.4 is 0 Å². The van der Waals surface area contributed by atoms with Gasteiger partial charge in [0, 0.05) is 38.5 Å². The molecule has 0 saturated carbocycles. The number of hydrogen-bond acceptors (Lipinski definition) is 4. The minimum Gasteiger partial charge on any atom is -0.385 e. The van der Waals surface area contributed by atoms with E-state index >= 15 is 0 Å². The molecular weight excluding hydrogens is 352 g/mol. The molecule has 1 aromatic heterocycles. The highest BCUT2D eigenvalue weighted by atomic mass is 16.5. The Morgan fingerprint density at radius 3 is 2.93 bits per heavy atom. The number of hydrogen-bond donors (Lipinski definition) is 1. The first-order valence-corrected chi connectivity index (χ1v) is 11.1. The maximum Gasteiger partial charge on any atom is 0.274 e. The van der Waals surface area contributed by atoms with Crippen molar-refractivity contribution in [3.8, 4) is 0 Å². The summed E-state index contributed by atoms with van der Waals surface area (Å²) in [6, 6.07) is 2.59. The second-order valence-corrected chi connectivity index (χ2v) is 8.98. The third kappa shape index (κ3) is 5.57. The van der Waals surface area contributed by atoms with Crippen molar-refractivity contribution in [1.82, 2.24) is 20.0 Å². The maximum absolute atomic E-state index is 13.3. The van der Waals surface area contributed by atoms with Gasteiger partial charge in [-0.2, -0.15) is 5.10 Å². The van der Waals surface area contributed by atoms with Crippen molar-refractivity contribution in [2.45, 2.75) is 64.8 Å². The van der Waals surface area contributed by atoms with E-state index in [9.17, 15) is 4.79 Å². The largest absolute Gasteiger partial charge is 0.385 e. The number of aromatic amines is 1. The predicted octanol–water partition coefficient (Wildman–Crippen LogP) is 3.35. The number of aromatic nitrogens is 2. The third-order valence-electron chi connectivity index (χ3n) is 6.23. The molecule has 1 N–H and O–H groups in total. The van der Waals surface area contributed by atoms with Gasteiger partial charge in [0.25, 0.3) is 5.91 Å². The lowest BCUT2D eigenvalue weighted by molar-refractivity contribution is 0.0344. The monoisotopic (exact) mass is 390 g/mol. The number of amides is 1. The molecule has 6 nitrogen and oxygen atoms in total. The lowest BCUT2D eigenvalue weighted by Crippen LogP contribution is -2.51. The van der Waals surface area contributed by atoms with E-state index in [0.717, 1.165) is 31.6 Å². The zero-order chi connectivity index (χ0) is 19.9. The fourth-order valence-corrected chi connectivity index (χ4v) is 4.93. The lowest BCUT2D eigenvalue weighted by Gasteiger charge is -2.45. The average Bonchev–Trinajstić information content (AvgIpc) is 3.14. The van der Waals surface area contributed by atoms with Crippen LogP contribution in [0.25, 0.3) is 0 Å². The van der Waals surface area contributed by atoms with Crippen LogP contribution in [-0.4, -0.2) is 71.8 Å². The second-order valence-electron chi connectivity index (χ2n) is 8.98. The zero-order valence-electron chi connectivity index (χ0n) is 18.0. The first-order valence-electron chi connectivity index (χ1n) is 11.1. The van der Waals surface area contributed by atoms with Crippen molar-refractivity contribution >= 4 is 5.91 Å². The number of fused-ring (bicyclic) bond motifs is 1. The van der Waals surface area contributed by atoms with Gasteiger partial charge in [0.05, 0.1) is 0 Å². The Morgan fingerprint density at radius 1 is 1.32 bits per heavy atom. The van der Waals surface area contributed by atoms with E-state index in [1.54, 1.807) is 7.11 Å². The van der Waals surface area contributed by atoms with Crippen molar-refractivity contribution in [3.63, 3.8) is 0 Å². The van der Waals surface area contributed by atoms with Crippen LogP contribution in [0.1, 0.15) is 68.6 Å². The van der Waals surface area contributed by atoms with Crippen LogP contribution in [-0.2, 0) is 11.2 Å². The topological polar surface area (TPSA) is 61.5 Å². The second kappa shape index (κ2) is 10.4. The van der Waals surface area contributed by atoms with Crippen LogP contribution in [0.15, 0.2) is 6.07 Å². The van der Waals surface area contributed by atoms with Gasteiger partial charge in [-0.25, -0.2) is 0 Å². The molecule has 0 aliphatic carbocycles. The number of carbonyl (C=O) groups excluding carboxylic acids is 1. The third-order valence-corrected chi connectivity index (χ3v) is 6.23. The Hall–Kier alpha value is -1.40. The number of H-pyrrole nitrogens is 1. The van der Waals surface area contributed by atoms with Gasteiger partial charge in [-0.15, -0.1) is 0 Å². The molecule has 1 amide bonds. The highest BCUT2D eigenvalue weighted by Crippen LogP contribution is 2.31. The van der Waals surface area contributed by atoms with Crippen LogP contribution in [0.2, 0.25) is 0 Å². The Morgan fingerprint density at radius 2 is 2.14 bits per heavy atom. The van der Waals surface area contributed by atoms with Crippen molar-refractivity contribution in [3.05, 3.63) is 17.5 Å². The van der Waals surface area contributed by atoms with Crippen LogP contribution in [0.4, 0.5) is 0 Å². The molecule has 2 aliphatic rings. The van der Waals surface area contributed by atoms with E-state index in [0.29, 0.717) is 30.2 Å². The molecule has 2 unspecified atom stereocenters. The minimum atomic E-state index is 0.0651. The molecule has 2 aliphatic heterocycles. The number of rotatable bonds is 9. The summed E-state index contributed by atoms with van der Waals surface area (Å²) in [4.78, 5) is 18.0. The minimum absolute atomic E-state index is 0.0651. The summed E-state index contributed by atoms with van der Waals surface area (Å²) in [7, 11) is 1.72. The Bertz CT molecular complexity index is 613. The van der Waals surface area contributed by atoms with E-state index in [4.69, 9.17) is 4.74 Å². The molecule has 2 fully saturated rings. The lowest BCUT2D eigenvalue weighted by atomic mass is 9.83. The van der Waals surface area contributed by atoms with E-state index in [-0.39, 0.29) is 5.91 Å². The molecule has 2 saturated heterocycles. The Balaban J connectivity index is 1.68. The standard InChI is InChI=1S/C22H38N4O2/c1-17(2)14-19-15-20(24-23-19)22(27)26(12-7-13-28-3)16-18-8-6-11-25-10-5-4-9-21(18)25/h15,17-18,21H,4-14,16H2,1-3H3,(H,23,24). The molecule has 0 aromatic carbocycles. The molecule has 3 heterocycles. The normalized spacial score (nSPS) is 23.0. The van der Waals surface area contributed by atoms with E-state index in [1.807, 2.05) is 11.0 Å². The van der Waals surface area contributed by atoms with Gasteiger partial charge in [-0.1, -0.05) is 20.3 Å². The number of carbonyl (C=O) groups is 1. The number of piperidine rings is 2. The summed E-state index contributed by atoms with van der Waals surface area (Å²) in [5, 5.41) is 7.39. The number of nitrogens with zero attached hydrogens (tertiary/aromatic N) is 3. The molecule has 2 atom stereocenters. The van der Waals surface area contributed by atoms with Gasteiger partial charge >= 0.3 is 0 Å². The van der Waals surface area contributed by atoms with Gasteiger partial charge in [-0.3, -0.25) is 9.89 Å². The number of ether oxygens (including phenoxy) is 1. The number of nitrogens with one attached hydrogen (secondary N) is 1. The average molecular weight is 391 g/mol. The molecule has 3 rings (SSSR count). The summed E-state index contributed by atoms with van der Waals surface area (Å²) in [6.45, 7) is 9.09. The van der Waals surface area contributed by atoms with E-state index in [1.165, 1.54) is 45.2 Å². The summed E-state index contributed by atoms with van der Waals surface area (Å²) in [5.41, 5.74) is 1.61. The molecule has 1 aromatic rings. The van der Waals surface area contributed by atoms with Gasteiger partial charge in [-0.05, 0) is 69.5 Å². The fourth-order valence-electron chi connectivity index (χ4n) is 4.93. The zero-order valence-corrected chi connectivity index (χ0v) is 18.0. The van der Waals surface area contributed by atoms with Gasteiger partial charge in [0.1, 0.15) is 5.69 Å². The summed E-state index contributed by atoms with van der Waals surface area (Å²) in [5.74, 6) is 1.19. The van der Waals surface area contributed by atoms with Crippen LogP contribution in [0.3, 0.4) is 0 Å². The molecule has 6 heteroatoms.